The molecule has 1 aromatic carbocycles. The van der Waals surface area contributed by atoms with Crippen LogP contribution in [0.4, 0.5) is 21.6 Å². The van der Waals surface area contributed by atoms with Gasteiger partial charge in [0.05, 0.1) is 18.1 Å². The van der Waals surface area contributed by atoms with Crippen LogP contribution in [0.2, 0.25) is 0 Å². The Morgan fingerprint density at radius 1 is 1.25 bits per heavy atom. The Bertz CT molecular complexity index is 1260. The normalized spacial score (nSPS) is 16.5. The van der Waals surface area contributed by atoms with E-state index in [0.717, 1.165) is 63.7 Å². The minimum Gasteiger partial charge on any atom is -0.382 e. The summed E-state index contributed by atoms with van der Waals surface area (Å²) in [6.07, 6.45) is 7.15. The molecule has 2 aliphatic rings. The Labute approximate surface area is 235 Å². The number of aliphatic imine (C=N–C) groups is 2. The van der Waals surface area contributed by atoms with E-state index in [1.807, 2.05) is 18.3 Å². The molecular weight excluding hydrogens is 509 g/mol. The predicted molar refractivity (Wildman–Crippen MR) is 161 cm³/mol. The zero-order valence-corrected chi connectivity index (χ0v) is 23.2. The molecule has 0 bridgehead atoms. The molecule has 0 spiro atoms. The Hall–Kier alpha value is -4.12. The van der Waals surface area contributed by atoms with Gasteiger partial charge in [-0.2, -0.15) is 0 Å². The molecule has 1 aliphatic heterocycles. The predicted octanol–water partition coefficient (Wildman–Crippen LogP) is 3.67. The summed E-state index contributed by atoms with van der Waals surface area (Å²) in [6.45, 7) is 7.16. The number of nitrogens with zero attached hydrogens (tertiary/aromatic N) is 5. The Morgan fingerprint density at radius 2 is 2.00 bits per heavy atom. The van der Waals surface area contributed by atoms with Crippen molar-refractivity contribution in [2.45, 2.75) is 31.7 Å². The molecule has 11 heteroatoms. The minimum absolute atomic E-state index is 0.0381. The van der Waals surface area contributed by atoms with Gasteiger partial charge in [-0.3, -0.25) is 20.2 Å². The second kappa shape index (κ2) is 13.8. The Balaban J connectivity index is 1.58. The van der Waals surface area contributed by atoms with Crippen molar-refractivity contribution in [1.82, 2.24) is 15.2 Å². The number of piperazine rings is 1. The van der Waals surface area contributed by atoms with E-state index in [4.69, 9.17) is 5.41 Å². The van der Waals surface area contributed by atoms with Crippen LogP contribution in [0.5, 0.6) is 0 Å². The number of likely N-dealkylation sites (N-methyl/N-ethyl adjacent to an activating group) is 1. The number of amides is 1. The molecule has 1 saturated carbocycles. The Morgan fingerprint density at radius 3 is 2.65 bits per heavy atom. The fraction of sp³-hybridized carbons (Fsp3) is 0.414. The fourth-order valence-electron chi connectivity index (χ4n) is 4.90. The van der Waals surface area contributed by atoms with E-state index in [1.165, 1.54) is 4.90 Å². The average molecular weight is 548 g/mol. The van der Waals surface area contributed by atoms with Crippen LogP contribution in [-0.4, -0.2) is 86.9 Å². The maximum absolute atomic E-state index is 15.2. The monoisotopic (exact) mass is 547 g/mol. The van der Waals surface area contributed by atoms with Crippen LogP contribution in [0, 0.1) is 5.41 Å². The summed E-state index contributed by atoms with van der Waals surface area (Å²) >= 11 is 0. The standard InChI is InChI=1S/C29H38FN9O/c1-32-18-24(30)28(36-19-35-26-11-9-22(17-34-26)39-14-12-33-13-15-39)20-8-10-25(37-21-6-4-5-7-21)23(16-20)27(31)29(40)38(2)3/h8-11,16-18,21,31,33,37H,1,4-7,12-15,19H2,2-3H3,(H,34,35)/b24-18+,31-27?,36-28?. The van der Waals surface area contributed by atoms with E-state index in [-0.39, 0.29) is 24.1 Å². The molecule has 0 radical (unpaired) electrons. The highest BCUT2D eigenvalue weighted by atomic mass is 19.1. The van der Waals surface area contributed by atoms with Gasteiger partial charge < -0.3 is 25.8 Å². The zero-order valence-electron chi connectivity index (χ0n) is 23.2. The topological polar surface area (TPSA) is 121 Å². The van der Waals surface area contributed by atoms with Crippen molar-refractivity contribution in [3.8, 4) is 0 Å². The first-order chi connectivity index (χ1) is 19.4. The maximum Gasteiger partial charge on any atom is 0.271 e. The van der Waals surface area contributed by atoms with E-state index >= 15 is 4.39 Å². The number of aromatic nitrogens is 1. The third kappa shape index (κ3) is 7.29. The molecule has 2 aromatic rings. The first-order valence-corrected chi connectivity index (χ1v) is 13.6. The molecule has 0 atom stereocenters. The van der Waals surface area contributed by atoms with Crippen molar-refractivity contribution in [2.24, 2.45) is 9.98 Å². The number of benzene rings is 1. The van der Waals surface area contributed by atoms with Gasteiger partial charge in [-0.1, -0.05) is 18.9 Å². The smallest absolute Gasteiger partial charge is 0.271 e. The quantitative estimate of drug-likeness (QED) is 0.319. The van der Waals surface area contributed by atoms with Gasteiger partial charge in [-0.15, -0.1) is 0 Å². The molecule has 2 heterocycles. The van der Waals surface area contributed by atoms with E-state index < -0.39 is 11.7 Å². The molecule has 1 aliphatic carbocycles. The number of carbonyl (C=O) groups is 1. The first kappa shape index (κ1) is 28.9. The molecule has 2 fully saturated rings. The van der Waals surface area contributed by atoms with Crippen LogP contribution in [0.1, 0.15) is 36.8 Å². The molecule has 10 nitrogen and oxygen atoms in total. The number of nitrogens with one attached hydrogen (secondary N) is 4. The van der Waals surface area contributed by atoms with Crippen LogP contribution in [0.15, 0.2) is 58.5 Å². The molecule has 4 N–H and O–H groups in total. The van der Waals surface area contributed by atoms with Gasteiger partial charge in [0, 0.05) is 63.1 Å². The lowest BCUT2D eigenvalue weighted by Gasteiger charge is -2.29. The van der Waals surface area contributed by atoms with Gasteiger partial charge in [-0.25, -0.2) is 9.37 Å². The summed E-state index contributed by atoms with van der Waals surface area (Å²) < 4.78 is 15.2. The first-order valence-electron chi connectivity index (χ1n) is 13.6. The van der Waals surface area contributed by atoms with Crippen molar-refractivity contribution in [2.75, 3.05) is 62.5 Å². The molecule has 4 rings (SSSR count). The number of hydrogen-bond acceptors (Lipinski definition) is 9. The lowest BCUT2D eigenvalue weighted by molar-refractivity contribution is -0.121. The summed E-state index contributed by atoms with van der Waals surface area (Å²) in [5.41, 5.74) is 2.41. The number of allylic oxidation sites excluding steroid dienone is 1. The lowest BCUT2D eigenvalue weighted by Crippen LogP contribution is -2.43. The third-order valence-corrected chi connectivity index (χ3v) is 7.06. The molecular formula is C29H38FN9O. The molecule has 40 heavy (non-hydrogen) atoms. The summed E-state index contributed by atoms with van der Waals surface area (Å²) in [6, 6.07) is 9.31. The van der Waals surface area contributed by atoms with Gasteiger partial charge in [0.15, 0.2) is 5.83 Å². The van der Waals surface area contributed by atoms with E-state index in [1.54, 1.807) is 32.3 Å². The van der Waals surface area contributed by atoms with Gasteiger partial charge in [0.2, 0.25) is 0 Å². The largest absolute Gasteiger partial charge is 0.382 e. The Kier molecular flexibility index (Phi) is 9.96. The number of hydrogen-bond donors (Lipinski definition) is 4. The minimum atomic E-state index is -0.674. The van der Waals surface area contributed by atoms with Crippen LogP contribution in [0.3, 0.4) is 0 Å². The SMILES string of the molecule is C=N/C=C(/F)C(=NCNc1ccc(N2CCNCC2)cn1)c1ccc(NC2CCCC2)c(C(=N)C(=O)N(C)C)c1. The van der Waals surface area contributed by atoms with Crippen LogP contribution < -0.4 is 20.9 Å². The molecule has 1 aromatic heterocycles. The van der Waals surface area contributed by atoms with E-state index in [2.05, 4.69) is 42.5 Å². The van der Waals surface area contributed by atoms with Gasteiger partial charge in [0.1, 0.15) is 23.9 Å². The zero-order chi connectivity index (χ0) is 28.5. The van der Waals surface area contributed by atoms with Gasteiger partial charge in [0.25, 0.3) is 5.91 Å². The number of carbonyl (C=O) groups excluding carboxylic acids is 1. The van der Waals surface area contributed by atoms with E-state index in [9.17, 15) is 4.79 Å². The molecule has 1 saturated heterocycles. The second-order valence-corrected chi connectivity index (χ2v) is 10.1. The number of anilines is 3. The molecule has 0 unspecified atom stereocenters. The highest BCUT2D eigenvalue weighted by Gasteiger charge is 2.23. The second-order valence-electron chi connectivity index (χ2n) is 10.1. The van der Waals surface area contributed by atoms with Crippen LogP contribution >= 0.6 is 0 Å². The van der Waals surface area contributed by atoms with Crippen molar-refractivity contribution >= 4 is 41.2 Å². The average Bonchev–Trinajstić information content (AvgIpc) is 3.49. The lowest BCUT2D eigenvalue weighted by atomic mass is 9.99. The molecule has 1 amide bonds. The van der Waals surface area contributed by atoms with Gasteiger partial charge >= 0.3 is 0 Å². The van der Waals surface area contributed by atoms with Crippen LogP contribution in [0.25, 0.3) is 0 Å². The maximum atomic E-state index is 15.2. The summed E-state index contributed by atoms with van der Waals surface area (Å²) in [5.74, 6) is -0.499. The number of halogens is 1. The van der Waals surface area contributed by atoms with Gasteiger partial charge in [-0.05, 0) is 43.8 Å². The molecule has 212 valence electrons. The summed E-state index contributed by atoms with van der Waals surface area (Å²) in [7, 11) is 3.21. The highest BCUT2D eigenvalue weighted by Crippen LogP contribution is 2.27. The fourth-order valence-corrected chi connectivity index (χ4v) is 4.90. The van der Waals surface area contributed by atoms with Crippen molar-refractivity contribution in [3.63, 3.8) is 0 Å². The summed E-state index contributed by atoms with van der Waals surface area (Å²) in [5, 5.41) is 18.5. The van der Waals surface area contributed by atoms with Crippen molar-refractivity contribution in [3.05, 3.63) is 59.7 Å². The number of pyridine rings is 1. The summed E-state index contributed by atoms with van der Waals surface area (Å²) in [4.78, 5) is 28.9. The van der Waals surface area contributed by atoms with Crippen molar-refractivity contribution < 1.29 is 9.18 Å². The number of rotatable bonds is 11. The van der Waals surface area contributed by atoms with E-state index in [0.29, 0.717) is 22.6 Å². The van der Waals surface area contributed by atoms with Crippen LogP contribution in [-0.2, 0) is 4.79 Å². The van der Waals surface area contributed by atoms with Crippen molar-refractivity contribution in [1.29, 1.82) is 5.41 Å². The highest BCUT2D eigenvalue weighted by molar-refractivity contribution is 6.45. The third-order valence-electron chi connectivity index (χ3n) is 7.06.